The van der Waals surface area contributed by atoms with E-state index >= 15 is 0 Å². The Kier molecular flexibility index (Phi) is 11.7. The molecule has 0 aromatic heterocycles. The van der Waals surface area contributed by atoms with Gasteiger partial charge in [0.2, 0.25) is 0 Å². The van der Waals surface area contributed by atoms with Gasteiger partial charge in [0.05, 0.1) is 0 Å². The maximum atomic E-state index is 2.37. The van der Waals surface area contributed by atoms with E-state index in [0.29, 0.717) is 0 Å². The number of hydrogen-bond donors (Lipinski definition) is 0. The van der Waals surface area contributed by atoms with Gasteiger partial charge in [0.15, 0.2) is 0 Å². The van der Waals surface area contributed by atoms with Crippen LogP contribution >= 0.6 is 0 Å². The molecule has 0 aliphatic rings. The van der Waals surface area contributed by atoms with E-state index in [1.54, 1.807) is 0 Å². The Labute approximate surface area is 168 Å². The summed E-state index contributed by atoms with van der Waals surface area (Å²) in [5, 5.41) is 2.74. The number of hydrogen-bond acceptors (Lipinski definition) is 0. The summed E-state index contributed by atoms with van der Waals surface area (Å²) in [6, 6.07) is 15.6. The molecule has 0 N–H and O–H groups in total. The minimum absolute atomic E-state index is 1.18. The SMILES string of the molecule is CC/C=C/CCCCCCCCCCCCCc1ccc2ccccc2c1. The van der Waals surface area contributed by atoms with Crippen LogP contribution in [0, 0.1) is 0 Å². The van der Waals surface area contributed by atoms with Crippen LogP contribution in [0.15, 0.2) is 54.6 Å². The van der Waals surface area contributed by atoms with Crippen molar-refractivity contribution in [1.82, 2.24) is 0 Å². The second-order valence-electron chi connectivity index (χ2n) is 7.99. The average molecular weight is 365 g/mol. The Morgan fingerprint density at radius 1 is 0.593 bits per heavy atom. The first-order chi connectivity index (χ1) is 13.4. The van der Waals surface area contributed by atoms with Crippen LogP contribution in [0.2, 0.25) is 0 Å². The van der Waals surface area contributed by atoms with Gasteiger partial charge in [-0.05, 0) is 48.4 Å². The van der Waals surface area contributed by atoms with Crippen molar-refractivity contribution < 1.29 is 0 Å². The van der Waals surface area contributed by atoms with Crippen molar-refractivity contribution >= 4 is 10.8 Å². The van der Waals surface area contributed by atoms with Crippen molar-refractivity contribution in [3.8, 4) is 0 Å². The molecular formula is C27H40. The molecule has 0 heteroatoms. The van der Waals surface area contributed by atoms with Crippen molar-refractivity contribution in [2.75, 3.05) is 0 Å². The van der Waals surface area contributed by atoms with Gasteiger partial charge in [-0.15, -0.1) is 0 Å². The second kappa shape index (κ2) is 14.5. The topological polar surface area (TPSA) is 0 Å². The number of fused-ring (bicyclic) bond motifs is 1. The highest BCUT2D eigenvalue weighted by Crippen LogP contribution is 2.18. The van der Waals surface area contributed by atoms with Crippen molar-refractivity contribution in [3.05, 3.63) is 60.2 Å². The number of unbranched alkanes of at least 4 members (excludes halogenated alkanes) is 11. The zero-order valence-electron chi connectivity index (χ0n) is 17.6. The maximum absolute atomic E-state index is 2.37. The predicted octanol–water partition coefficient (Wildman–Crippen LogP) is 9.03. The third kappa shape index (κ3) is 9.80. The summed E-state index contributed by atoms with van der Waals surface area (Å²) in [7, 11) is 0. The lowest BCUT2D eigenvalue weighted by Gasteiger charge is -2.05. The Morgan fingerprint density at radius 3 is 1.85 bits per heavy atom. The van der Waals surface area contributed by atoms with Crippen LogP contribution in [-0.4, -0.2) is 0 Å². The molecule has 2 rings (SSSR count). The first-order valence-electron chi connectivity index (χ1n) is 11.5. The van der Waals surface area contributed by atoms with Crippen LogP contribution in [0.4, 0.5) is 0 Å². The molecule has 0 bridgehead atoms. The number of allylic oxidation sites excluding steroid dienone is 2. The van der Waals surface area contributed by atoms with Crippen LogP contribution in [0.25, 0.3) is 10.8 Å². The molecule has 0 unspecified atom stereocenters. The zero-order chi connectivity index (χ0) is 19.0. The first-order valence-corrected chi connectivity index (χ1v) is 11.5. The zero-order valence-corrected chi connectivity index (χ0v) is 17.6. The van der Waals surface area contributed by atoms with E-state index in [9.17, 15) is 0 Å². The largest absolute Gasteiger partial charge is 0.0888 e. The van der Waals surface area contributed by atoms with Crippen molar-refractivity contribution in [2.45, 2.75) is 96.8 Å². The summed E-state index contributed by atoms with van der Waals surface area (Å²) in [6.45, 7) is 2.21. The van der Waals surface area contributed by atoms with Gasteiger partial charge in [-0.25, -0.2) is 0 Å². The van der Waals surface area contributed by atoms with Crippen molar-refractivity contribution in [3.63, 3.8) is 0 Å². The van der Waals surface area contributed by atoms with Crippen molar-refractivity contribution in [2.24, 2.45) is 0 Å². The van der Waals surface area contributed by atoms with Gasteiger partial charge < -0.3 is 0 Å². The van der Waals surface area contributed by atoms with E-state index in [-0.39, 0.29) is 0 Å². The highest BCUT2D eigenvalue weighted by atomic mass is 14.0. The third-order valence-electron chi connectivity index (χ3n) is 5.55. The molecule has 0 spiro atoms. The van der Waals surface area contributed by atoms with Crippen LogP contribution in [0.3, 0.4) is 0 Å². The van der Waals surface area contributed by atoms with Gasteiger partial charge in [-0.3, -0.25) is 0 Å². The molecular weight excluding hydrogens is 324 g/mol. The van der Waals surface area contributed by atoms with E-state index in [4.69, 9.17) is 0 Å². The summed E-state index contributed by atoms with van der Waals surface area (Å²) in [5.74, 6) is 0. The molecule has 0 atom stereocenters. The highest BCUT2D eigenvalue weighted by molar-refractivity contribution is 5.82. The lowest BCUT2D eigenvalue weighted by atomic mass is 10.0. The highest BCUT2D eigenvalue weighted by Gasteiger charge is 1.97. The van der Waals surface area contributed by atoms with Gasteiger partial charge in [0.1, 0.15) is 0 Å². The lowest BCUT2D eigenvalue weighted by molar-refractivity contribution is 0.546. The van der Waals surface area contributed by atoms with Gasteiger partial charge in [-0.2, -0.15) is 0 Å². The van der Waals surface area contributed by atoms with Crippen LogP contribution in [-0.2, 0) is 6.42 Å². The fourth-order valence-electron chi connectivity index (χ4n) is 3.86. The Morgan fingerprint density at radius 2 is 1.19 bits per heavy atom. The normalized spacial score (nSPS) is 11.6. The standard InChI is InChI=1S/C27H40/c1-2-3-4-5-6-7-8-9-10-11-12-13-14-15-16-19-25-22-23-26-20-17-18-21-27(26)24-25/h3-4,17-18,20-24H,2,5-16,19H2,1H3/b4-3+. The summed E-state index contributed by atoms with van der Waals surface area (Å²) in [5.41, 5.74) is 1.50. The Hall–Kier alpha value is -1.56. The third-order valence-corrected chi connectivity index (χ3v) is 5.55. The molecule has 27 heavy (non-hydrogen) atoms. The van der Waals surface area contributed by atoms with E-state index in [1.807, 2.05) is 0 Å². The van der Waals surface area contributed by atoms with E-state index in [1.165, 1.54) is 106 Å². The van der Waals surface area contributed by atoms with Crippen LogP contribution in [0.1, 0.15) is 96.0 Å². The lowest BCUT2D eigenvalue weighted by Crippen LogP contribution is -1.87. The van der Waals surface area contributed by atoms with Crippen LogP contribution in [0.5, 0.6) is 0 Å². The number of rotatable bonds is 15. The molecule has 0 aliphatic heterocycles. The summed E-state index contributed by atoms with van der Waals surface area (Å²) < 4.78 is 0. The van der Waals surface area contributed by atoms with E-state index in [2.05, 4.69) is 61.5 Å². The van der Waals surface area contributed by atoms with Gasteiger partial charge in [0, 0.05) is 0 Å². The Balaban J connectivity index is 1.39. The minimum atomic E-state index is 1.18. The minimum Gasteiger partial charge on any atom is -0.0888 e. The number of aryl methyl sites for hydroxylation is 1. The molecule has 0 aliphatic carbocycles. The smallest absolute Gasteiger partial charge is 0.0181 e. The fraction of sp³-hybridized carbons (Fsp3) is 0.556. The second-order valence-corrected chi connectivity index (χ2v) is 7.99. The Bertz CT molecular complexity index is 637. The fourth-order valence-corrected chi connectivity index (χ4v) is 3.86. The molecule has 0 saturated heterocycles. The summed E-state index contributed by atoms with van der Waals surface area (Å²) >= 11 is 0. The van der Waals surface area contributed by atoms with Crippen molar-refractivity contribution in [1.29, 1.82) is 0 Å². The predicted molar refractivity (Wildman–Crippen MR) is 122 cm³/mol. The first kappa shape index (κ1) is 21.7. The molecule has 0 fully saturated rings. The summed E-state index contributed by atoms with van der Waals surface area (Å²) in [4.78, 5) is 0. The molecule has 0 amide bonds. The average Bonchev–Trinajstić information content (AvgIpc) is 2.71. The van der Waals surface area contributed by atoms with E-state index in [0.717, 1.165) is 0 Å². The molecule has 148 valence electrons. The quantitative estimate of drug-likeness (QED) is 0.218. The molecule has 0 saturated carbocycles. The van der Waals surface area contributed by atoms with Gasteiger partial charge in [-0.1, -0.05) is 119 Å². The molecule has 0 nitrogen and oxygen atoms in total. The van der Waals surface area contributed by atoms with Gasteiger partial charge in [0.25, 0.3) is 0 Å². The monoisotopic (exact) mass is 364 g/mol. The number of benzene rings is 2. The maximum Gasteiger partial charge on any atom is -0.0181 e. The molecule has 2 aromatic carbocycles. The molecule has 0 heterocycles. The summed E-state index contributed by atoms with van der Waals surface area (Å²) in [6.07, 6.45) is 23.9. The van der Waals surface area contributed by atoms with Crippen LogP contribution < -0.4 is 0 Å². The van der Waals surface area contributed by atoms with E-state index < -0.39 is 0 Å². The molecule has 2 aromatic rings. The van der Waals surface area contributed by atoms with Gasteiger partial charge >= 0.3 is 0 Å². The molecule has 0 radical (unpaired) electrons.